The topological polar surface area (TPSA) is 77.0 Å². The predicted octanol–water partition coefficient (Wildman–Crippen LogP) is 5.80. The van der Waals surface area contributed by atoms with Gasteiger partial charge in [-0.15, -0.1) is 0 Å². The van der Waals surface area contributed by atoms with Crippen molar-refractivity contribution in [2.24, 2.45) is 0 Å². The molecule has 0 saturated heterocycles. The van der Waals surface area contributed by atoms with Crippen LogP contribution in [0.25, 0.3) is 0 Å². The summed E-state index contributed by atoms with van der Waals surface area (Å²) in [7, 11) is 0. The predicted molar refractivity (Wildman–Crippen MR) is 126 cm³/mol. The number of aryl methyl sites for hydroxylation is 1. The van der Waals surface area contributed by atoms with Crippen molar-refractivity contribution in [2.45, 2.75) is 6.92 Å². The molecule has 0 spiro atoms. The van der Waals surface area contributed by atoms with Crippen molar-refractivity contribution in [1.29, 1.82) is 5.26 Å². The highest BCUT2D eigenvalue weighted by atomic mass is 127. The number of carbonyl (C=O) groups is 1. The molecule has 0 bridgehead atoms. The van der Waals surface area contributed by atoms with Crippen LogP contribution in [0.2, 0.25) is 0 Å². The van der Waals surface area contributed by atoms with Crippen molar-refractivity contribution in [3.63, 3.8) is 0 Å². The van der Waals surface area contributed by atoms with Gasteiger partial charge >= 0.3 is 0 Å². The largest absolute Gasteiger partial charge is 0.360 e. The second-order valence-corrected chi connectivity index (χ2v) is 7.54. The summed E-state index contributed by atoms with van der Waals surface area (Å²) in [5, 5.41) is 18.4. The normalized spacial score (nSPS) is 10.7. The maximum atomic E-state index is 12.4. The number of amides is 1. The summed E-state index contributed by atoms with van der Waals surface area (Å²) in [5.41, 5.74) is 4.34. The number of carbonyl (C=O) groups excluding carboxylic acids is 1. The smallest absolute Gasteiger partial charge is 0.267 e. The molecule has 1 amide bonds. The Balaban J connectivity index is 1.63. The minimum absolute atomic E-state index is 0.00515. The van der Waals surface area contributed by atoms with Gasteiger partial charge in [-0.25, -0.2) is 0 Å². The van der Waals surface area contributed by atoms with E-state index >= 15 is 0 Å². The standard InChI is InChI=1S/C23H19IN4O/c1-16-13-18(24)7-12-22(16)28-23(29)17(14-25)15-26-19-8-10-21(11-9-19)27-20-5-3-2-4-6-20/h2-13,15,26-27H,1H3,(H,28,29)/b17-15-. The highest BCUT2D eigenvalue weighted by molar-refractivity contribution is 14.1. The first-order chi connectivity index (χ1) is 14.0. The van der Waals surface area contributed by atoms with E-state index in [0.29, 0.717) is 5.69 Å². The van der Waals surface area contributed by atoms with Crippen LogP contribution in [0.3, 0.4) is 0 Å². The zero-order chi connectivity index (χ0) is 20.6. The minimum Gasteiger partial charge on any atom is -0.360 e. The molecule has 0 aromatic heterocycles. The van der Waals surface area contributed by atoms with E-state index in [2.05, 4.69) is 38.5 Å². The van der Waals surface area contributed by atoms with Crippen molar-refractivity contribution in [3.8, 4) is 6.07 Å². The molecule has 0 atom stereocenters. The molecule has 0 aliphatic heterocycles. The second-order valence-electron chi connectivity index (χ2n) is 6.30. The monoisotopic (exact) mass is 494 g/mol. The molecule has 3 aromatic carbocycles. The van der Waals surface area contributed by atoms with Crippen molar-refractivity contribution in [1.82, 2.24) is 0 Å². The van der Waals surface area contributed by atoms with E-state index in [9.17, 15) is 10.1 Å². The first-order valence-corrected chi connectivity index (χ1v) is 9.99. The van der Waals surface area contributed by atoms with E-state index in [1.807, 2.05) is 85.8 Å². The maximum absolute atomic E-state index is 12.4. The fourth-order valence-corrected chi connectivity index (χ4v) is 3.25. The summed E-state index contributed by atoms with van der Waals surface area (Å²) < 4.78 is 1.08. The highest BCUT2D eigenvalue weighted by Gasteiger charge is 2.10. The summed E-state index contributed by atoms with van der Waals surface area (Å²) in [6.45, 7) is 1.91. The minimum atomic E-state index is -0.452. The molecule has 0 fully saturated rings. The molecule has 0 unspecified atom stereocenters. The number of hydrogen-bond acceptors (Lipinski definition) is 4. The second kappa shape index (κ2) is 9.75. The van der Waals surface area contributed by atoms with Gasteiger partial charge in [0.2, 0.25) is 0 Å². The molecule has 0 aliphatic rings. The lowest BCUT2D eigenvalue weighted by atomic mass is 10.2. The van der Waals surface area contributed by atoms with Crippen molar-refractivity contribution in [2.75, 3.05) is 16.0 Å². The van der Waals surface area contributed by atoms with Crippen LogP contribution in [0, 0.1) is 21.8 Å². The maximum Gasteiger partial charge on any atom is 0.267 e. The number of benzene rings is 3. The van der Waals surface area contributed by atoms with Crippen molar-refractivity contribution in [3.05, 3.63) is 93.7 Å². The van der Waals surface area contributed by atoms with Crippen LogP contribution < -0.4 is 16.0 Å². The molecule has 0 heterocycles. The average Bonchev–Trinajstić information content (AvgIpc) is 2.72. The quantitative estimate of drug-likeness (QED) is 0.230. The number of para-hydroxylation sites is 1. The summed E-state index contributed by atoms with van der Waals surface area (Å²) >= 11 is 2.21. The van der Waals surface area contributed by atoms with Gasteiger partial charge in [-0.2, -0.15) is 5.26 Å². The number of nitriles is 1. The Morgan fingerprint density at radius 3 is 2.28 bits per heavy atom. The fraction of sp³-hybridized carbons (Fsp3) is 0.0435. The first-order valence-electron chi connectivity index (χ1n) is 8.91. The molecule has 6 heteroatoms. The fourth-order valence-electron chi connectivity index (χ4n) is 2.60. The van der Waals surface area contributed by atoms with Crippen molar-refractivity contribution >= 4 is 51.2 Å². The van der Waals surface area contributed by atoms with Crippen LogP contribution >= 0.6 is 22.6 Å². The van der Waals surface area contributed by atoms with Crippen LogP contribution in [0.4, 0.5) is 22.7 Å². The Morgan fingerprint density at radius 1 is 0.966 bits per heavy atom. The molecular formula is C23H19IN4O. The molecule has 3 aromatic rings. The van der Waals surface area contributed by atoms with E-state index in [-0.39, 0.29) is 5.57 Å². The van der Waals surface area contributed by atoms with Gasteiger partial charge < -0.3 is 16.0 Å². The molecule has 144 valence electrons. The van der Waals surface area contributed by atoms with Gasteiger partial charge in [-0.3, -0.25) is 4.79 Å². The van der Waals surface area contributed by atoms with Gasteiger partial charge in [0.1, 0.15) is 11.6 Å². The van der Waals surface area contributed by atoms with Gasteiger partial charge in [0.05, 0.1) is 0 Å². The molecule has 0 radical (unpaired) electrons. The Hall–Kier alpha value is -3.31. The molecule has 0 saturated carbocycles. The molecule has 3 N–H and O–H groups in total. The number of nitrogens with one attached hydrogen (secondary N) is 3. The van der Waals surface area contributed by atoms with Crippen LogP contribution in [0.5, 0.6) is 0 Å². The molecule has 3 rings (SSSR count). The Kier molecular flexibility index (Phi) is 6.87. The lowest BCUT2D eigenvalue weighted by molar-refractivity contribution is -0.112. The van der Waals surface area contributed by atoms with Gasteiger partial charge in [-0.05, 0) is 89.7 Å². The molecule has 5 nitrogen and oxygen atoms in total. The third-order valence-electron chi connectivity index (χ3n) is 4.13. The summed E-state index contributed by atoms with van der Waals surface area (Å²) in [6, 6.07) is 25.1. The summed E-state index contributed by atoms with van der Waals surface area (Å²) in [4.78, 5) is 12.4. The van der Waals surface area contributed by atoms with Crippen LogP contribution in [-0.2, 0) is 4.79 Å². The Labute approximate surface area is 183 Å². The third-order valence-corrected chi connectivity index (χ3v) is 4.80. The van der Waals surface area contributed by atoms with Gasteiger partial charge in [0, 0.05) is 32.5 Å². The van der Waals surface area contributed by atoms with E-state index in [1.54, 1.807) is 0 Å². The van der Waals surface area contributed by atoms with Gasteiger partial charge in [0.25, 0.3) is 5.91 Å². The van der Waals surface area contributed by atoms with Crippen LogP contribution in [0.1, 0.15) is 5.56 Å². The van der Waals surface area contributed by atoms with Crippen LogP contribution in [-0.4, -0.2) is 5.91 Å². The molecular weight excluding hydrogens is 475 g/mol. The summed E-state index contributed by atoms with van der Waals surface area (Å²) in [6.07, 6.45) is 1.41. The van der Waals surface area contributed by atoms with E-state index in [0.717, 1.165) is 26.2 Å². The van der Waals surface area contributed by atoms with E-state index < -0.39 is 5.91 Å². The number of rotatable bonds is 6. The number of nitrogens with zero attached hydrogens (tertiary/aromatic N) is 1. The number of halogens is 1. The SMILES string of the molecule is Cc1cc(I)ccc1NC(=O)/C(C#N)=C\Nc1ccc(Nc2ccccc2)cc1. The molecule has 29 heavy (non-hydrogen) atoms. The highest BCUT2D eigenvalue weighted by Crippen LogP contribution is 2.20. The number of hydrogen-bond donors (Lipinski definition) is 3. The van der Waals surface area contributed by atoms with Gasteiger partial charge in [-0.1, -0.05) is 18.2 Å². The Morgan fingerprint density at radius 2 is 1.62 bits per heavy atom. The lowest BCUT2D eigenvalue weighted by Crippen LogP contribution is -2.15. The van der Waals surface area contributed by atoms with Crippen LogP contribution in [0.15, 0.2) is 84.6 Å². The zero-order valence-electron chi connectivity index (χ0n) is 15.7. The average molecular weight is 494 g/mol. The number of anilines is 4. The van der Waals surface area contributed by atoms with Gasteiger partial charge in [0.15, 0.2) is 0 Å². The lowest BCUT2D eigenvalue weighted by Gasteiger charge is -2.09. The third kappa shape index (κ3) is 5.83. The summed E-state index contributed by atoms with van der Waals surface area (Å²) in [5.74, 6) is -0.452. The van der Waals surface area contributed by atoms with E-state index in [4.69, 9.17) is 0 Å². The Bertz CT molecular complexity index is 1070. The van der Waals surface area contributed by atoms with E-state index in [1.165, 1.54) is 6.20 Å². The first kappa shape index (κ1) is 20.4. The molecule has 0 aliphatic carbocycles. The zero-order valence-corrected chi connectivity index (χ0v) is 17.9. The van der Waals surface area contributed by atoms with Crippen molar-refractivity contribution < 1.29 is 4.79 Å².